The lowest BCUT2D eigenvalue weighted by atomic mass is 9.77. The van der Waals surface area contributed by atoms with Gasteiger partial charge in [0.2, 0.25) is 0 Å². The summed E-state index contributed by atoms with van der Waals surface area (Å²) in [6.45, 7) is 0. The molecule has 1 atom stereocenters. The molecule has 1 saturated carbocycles. The number of halogens is 2. The van der Waals surface area contributed by atoms with E-state index in [1.165, 1.54) is 30.9 Å². The zero-order valence-electron chi connectivity index (χ0n) is 8.76. The largest absolute Gasteiger partial charge is 0.313 e. The highest BCUT2D eigenvalue weighted by Gasteiger charge is 2.27. The SMILES string of the molecule is CNC(c1ccc(F)c(Br)c1)C1CCC1. The Kier molecular flexibility index (Phi) is 3.42. The van der Waals surface area contributed by atoms with E-state index in [-0.39, 0.29) is 5.82 Å². The van der Waals surface area contributed by atoms with Crippen molar-refractivity contribution in [2.45, 2.75) is 25.3 Å². The molecule has 3 heteroatoms. The maximum absolute atomic E-state index is 13.1. The average Bonchev–Trinajstić information content (AvgIpc) is 2.16. The lowest BCUT2D eigenvalue weighted by molar-refractivity contribution is 0.239. The van der Waals surface area contributed by atoms with Gasteiger partial charge in [-0.25, -0.2) is 4.39 Å². The molecule has 0 bridgehead atoms. The van der Waals surface area contributed by atoms with Gasteiger partial charge in [0.25, 0.3) is 0 Å². The molecule has 15 heavy (non-hydrogen) atoms. The van der Waals surface area contributed by atoms with Gasteiger partial charge in [0.1, 0.15) is 5.82 Å². The molecule has 1 unspecified atom stereocenters. The molecule has 0 aliphatic heterocycles. The van der Waals surface area contributed by atoms with Gasteiger partial charge in [0, 0.05) is 6.04 Å². The molecule has 0 amide bonds. The van der Waals surface area contributed by atoms with Crippen molar-refractivity contribution < 1.29 is 4.39 Å². The van der Waals surface area contributed by atoms with E-state index in [1.54, 1.807) is 0 Å². The molecule has 1 aromatic carbocycles. The Morgan fingerprint density at radius 1 is 1.47 bits per heavy atom. The maximum Gasteiger partial charge on any atom is 0.137 e. The van der Waals surface area contributed by atoms with Crippen molar-refractivity contribution in [1.29, 1.82) is 0 Å². The average molecular weight is 272 g/mol. The van der Waals surface area contributed by atoms with Crippen LogP contribution < -0.4 is 5.32 Å². The predicted molar refractivity (Wildman–Crippen MR) is 63.2 cm³/mol. The van der Waals surface area contributed by atoms with E-state index >= 15 is 0 Å². The minimum absolute atomic E-state index is 0.192. The van der Waals surface area contributed by atoms with Crippen molar-refractivity contribution in [3.05, 3.63) is 34.1 Å². The van der Waals surface area contributed by atoms with Gasteiger partial charge in [0.05, 0.1) is 4.47 Å². The standard InChI is InChI=1S/C12H15BrFN/c1-15-12(8-3-2-4-8)9-5-6-11(14)10(13)7-9/h5-8,12,15H,2-4H2,1H3. The molecule has 0 aromatic heterocycles. The van der Waals surface area contributed by atoms with Gasteiger partial charge in [-0.05, 0) is 59.4 Å². The summed E-state index contributed by atoms with van der Waals surface area (Å²) in [7, 11) is 1.97. The predicted octanol–water partition coefficient (Wildman–Crippen LogP) is 3.65. The third-order valence-electron chi connectivity index (χ3n) is 3.24. The molecule has 82 valence electrons. The van der Waals surface area contributed by atoms with Gasteiger partial charge in [-0.2, -0.15) is 0 Å². The zero-order valence-corrected chi connectivity index (χ0v) is 10.3. The zero-order chi connectivity index (χ0) is 10.8. The molecule has 0 radical (unpaired) electrons. The summed E-state index contributed by atoms with van der Waals surface area (Å²) >= 11 is 3.23. The van der Waals surface area contributed by atoms with Crippen LogP contribution in [0.25, 0.3) is 0 Å². The van der Waals surface area contributed by atoms with E-state index in [1.807, 2.05) is 19.2 Å². The molecule has 1 nitrogen and oxygen atoms in total. The van der Waals surface area contributed by atoms with Crippen LogP contribution in [0.5, 0.6) is 0 Å². The second-order valence-corrected chi connectivity index (χ2v) is 4.99. The number of hydrogen-bond acceptors (Lipinski definition) is 1. The molecular weight excluding hydrogens is 257 g/mol. The number of nitrogens with one attached hydrogen (secondary N) is 1. The Morgan fingerprint density at radius 3 is 2.67 bits per heavy atom. The Bertz CT molecular complexity index is 349. The third kappa shape index (κ3) is 2.23. The van der Waals surface area contributed by atoms with Gasteiger partial charge in [0.15, 0.2) is 0 Å². The number of benzene rings is 1. The van der Waals surface area contributed by atoms with Crippen molar-refractivity contribution in [3.63, 3.8) is 0 Å². The molecule has 0 saturated heterocycles. The molecular formula is C12H15BrFN. The van der Waals surface area contributed by atoms with E-state index in [0.717, 1.165) is 0 Å². The third-order valence-corrected chi connectivity index (χ3v) is 3.84. The molecule has 1 aliphatic rings. The topological polar surface area (TPSA) is 12.0 Å². The Hall–Kier alpha value is -0.410. The molecule has 1 aromatic rings. The Morgan fingerprint density at radius 2 is 2.20 bits per heavy atom. The van der Waals surface area contributed by atoms with Gasteiger partial charge in [-0.15, -0.1) is 0 Å². The van der Waals surface area contributed by atoms with Crippen LogP contribution in [0.4, 0.5) is 4.39 Å². The van der Waals surface area contributed by atoms with E-state index in [9.17, 15) is 4.39 Å². The molecule has 1 N–H and O–H groups in total. The minimum atomic E-state index is -0.192. The second-order valence-electron chi connectivity index (χ2n) is 4.13. The van der Waals surface area contributed by atoms with Crippen LogP contribution in [-0.4, -0.2) is 7.05 Å². The normalized spacial score (nSPS) is 18.6. The van der Waals surface area contributed by atoms with Crippen molar-refractivity contribution in [1.82, 2.24) is 5.32 Å². The van der Waals surface area contributed by atoms with Crippen molar-refractivity contribution in [2.24, 2.45) is 5.92 Å². The summed E-state index contributed by atoms with van der Waals surface area (Å²) in [6, 6.07) is 5.66. The highest BCUT2D eigenvalue weighted by atomic mass is 79.9. The van der Waals surface area contributed by atoms with E-state index in [4.69, 9.17) is 0 Å². The fourth-order valence-corrected chi connectivity index (χ4v) is 2.55. The second kappa shape index (κ2) is 4.62. The van der Waals surface area contributed by atoms with E-state index < -0.39 is 0 Å². The smallest absolute Gasteiger partial charge is 0.137 e. The van der Waals surface area contributed by atoms with Crippen LogP contribution in [0.2, 0.25) is 0 Å². The van der Waals surface area contributed by atoms with Crippen molar-refractivity contribution in [2.75, 3.05) is 7.05 Å². The molecule has 0 heterocycles. The van der Waals surface area contributed by atoms with Crippen LogP contribution in [-0.2, 0) is 0 Å². The molecule has 1 aliphatic carbocycles. The lowest BCUT2D eigenvalue weighted by Gasteiger charge is -2.34. The van der Waals surface area contributed by atoms with Crippen molar-refractivity contribution >= 4 is 15.9 Å². The van der Waals surface area contributed by atoms with Crippen LogP contribution in [0.3, 0.4) is 0 Å². The molecule has 2 rings (SSSR count). The van der Waals surface area contributed by atoms with Crippen molar-refractivity contribution in [3.8, 4) is 0 Å². The summed E-state index contributed by atoms with van der Waals surface area (Å²) < 4.78 is 13.7. The van der Waals surface area contributed by atoms with Gasteiger partial charge >= 0.3 is 0 Å². The minimum Gasteiger partial charge on any atom is -0.313 e. The fourth-order valence-electron chi connectivity index (χ4n) is 2.15. The van der Waals surface area contributed by atoms with Crippen LogP contribution in [0.15, 0.2) is 22.7 Å². The summed E-state index contributed by atoms with van der Waals surface area (Å²) in [5.74, 6) is 0.523. The first kappa shape index (κ1) is 11.1. The summed E-state index contributed by atoms with van der Waals surface area (Å²) in [5.41, 5.74) is 1.18. The monoisotopic (exact) mass is 271 g/mol. The first-order chi connectivity index (χ1) is 7.22. The lowest BCUT2D eigenvalue weighted by Crippen LogP contribution is -2.29. The summed E-state index contributed by atoms with van der Waals surface area (Å²) in [5, 5.41) is 3.32. The van der Waals surface area contributed by atoms with Crippen LogP contribution >= 0.6 is 15.9 Å². The van der Waals surface area contributed by atoms with Gasteiger partial charge < -0.3 is 5.32 Å². The highest BCUT2D eigenvalue weighted by Crippen LogP contribution is 2.38. The fraction of sp³-hybridized carbons (Fsp3) is 0.500. The van der Waals surface area contributed by atoms with E-state index in [2.05, 4.69) is 21.2 Å². The van der Waals surface area contributed by atoms with Crippen LogP contribution in [0, 0.1) is 11.7 Å². The Labute approximate surface area is 98.2 Å². The molecule has 1 fully saturated rings. The summed E-state index contributed by atoms with van der Waals surface area (Å²) in [6.07, 6.45) is 3.88. The first-order valence-electron chi connectivity index (χ1n) is 5.34. The van der Waals surface area contributed by atoms with Gasteiger partial charge in [-0.1, -0.05) is 12.5 Å². The highest BCUT2D eigenvalue weighted by molar-refractivity contribution is 9.10. The molecule has 0 spiro atoms. The summed E-state index contributed by atoms with van der Waals surface area (Å²) in [4.78, 5) is 0. The van der Waals surface area contributed by atoms with Crippen LogP contribution in [0.1, 0.15) is 30.9 Å². The maximum atomic E-state index is 13.1. The number of rotatable bonds is 3. The van der Waals surface area contributed by atoms with E-state index in [0.29, 0.717) is 16.4 Å². The van der Waals surface area contributed by atoms with Gasteiger partial charge in [-0.3, -0.25) is 0 Å². The first-order valence-corrected chi connectivity index (χ1v) is 6.14. The quantitative estimate of drug-likeness (QED) is 0.885. The number of hydrogen-bond donors (Lipinski definition) is 1. The Balaban J connectivity index is 2.21.